The maximum atomic E-state index is 14.3. The number of anilines is 1. The molecule has 0 aliphatic rings. The molecule has 0 heterocycles. The van der Waals surface area contributed by atoms with Gasteiger partial charge in [-0.3, -0.25) is 9.59 Å². The average molecular weight is 579 g/mol. The van der Waals surface area contributed by atoms with E-state index < -0.39 is 28.7 Å². The van der Waals surface area contributed by atoms with Crippen molar-refractivity contribution in [1.29, 1.82) is 0 Å². The molecule has 0 spiro atoms. The van der Waals surface area contributed by atoms with E-state index in [1.165, 1.54) is 19.0 Å². The van der Waals surface area contributed by atoms with Crippen molar-refractivity contribution < 1.29 is 18.0 Å². The summed E-state index contributed by atoms with van der Waals surface area (Å²) in [6.45, 7) is 7.86. The third kappa shape index (κ3) is 8.65. The van der Waals surface area contributed by atoms with Crippen molar-refractivity contribution in [3.8, 4) is 0 Å². The molecule has 0 bridgehead atoms. The van der Waals surface area contributed by atoms with Crippen molar-refractivity contribution in [2.75, 3.05) is 31.5 Å². The fourth-order valence-corrected chi connectivity index (χ4v) is 5.56. The molecule has 220 valence electrons. The summed E-state index contributed by atoms with van der Waals surface area (Å²) in [5.41, 5.74) is 3.75. The minimum Gasteiger partial charge on any atom is -0.354 e. The lowest BCUT2D eigenvalue weighted by Gasteiger charge is -2.35. The van der Waals surface area contributed by atoms with Crippen LogP contribution in [0.2, 0.25) is 0 Å². The molecule has 2 amide bonds. The zero-order valence-electron chi connectivity index (χ0n) is 24.9. The van der Waals surface area contributed by atoms with E-state index in [9.17, 15) is 18.0 Å². The second kappa shape index (κ2) is 14.3. The van der Waals surface area contributed by atoms with Gasteiger partial charge in [0.25, 0.3) is 0 Å². The molecular formula is C32H42N4O4S. The zero-order valence-corrected chi connectivity index (χ0v) is 25.7. The van der Waals surface area contributed by atoms with Crippen molar-refractivity contribution in [3.05, 3.63) is 101 Å². The fraction of sp³-hybridized carbons (Fsp3) is 0.375. The molecule has 0 unspecified atom stereocenters. The van der Waals surface area contributed by atoms with Crippen LogP contribution in [0.25, 0.3) is 0 Å². The second-order valence-corrected chi connectivity index (χ2v) is 13.0. The lowest BCUT2D eigenvalue weighted by Crippen LogP contribution is -2.54. The van der Waals surface area contributed by atoms with Crippen LogP contribution in [0.3, 0.4) is 0 Å². The highest BCUT2D eigenvalue weighted by molar-refractivity contribution is 7.90. The molecule has 9 heteroatoms. The molecule has 0 radical (unpaired) electrons. The summed E-state index contributed by atoms with van der Waals surface area (Å²) in [4.78, 5) is 29.5. The van der Waals surface area contributed by atoms with Gasteiger partial charge in [-0.05, 0) is 48.1 Å². The summed E-state index contributed by atoms with van der Waals surface area (Å²) in [6, 6.07) is 23.6. The standard InChI is InChI=1S/C32H42N4O4S/c1-24(2)21-33-32(38)30(20-27-13-9-7-10-14-27)35(22-28-15-11-8-12-16-28)31(37)23-36(41(39,40)34(5)6)29-19-25(3)17-18-26(29)4/h7-19,24,30H,20-23H2,1-6H3,(H,33,38)/t30-/m0/s1. The highest BCUT2D eigenvalue weighted by Crippen LogP contribution is 2.26. The third-order valence-electron chi connectivity index (χ3n) is 6.80. The Kier molecular flexibility index (Phi) is 11.1. The number of hydrogen-bond donors (Lipinski definition) is 1. The van der Waals surface area contributed by atoms with Gasteiger partial charge in [-0.15, -0.1) is 0 Å². The monoisotopic (exact) mass is 578 g/mol. The summed E-state index contributed by atoms with van der Waals surface area (Å²) in [6.07, 6.45) is 0.285. The first-order valence-electron chi connectivity index (χ1n) is 13.8. The van der Waals surface area contributed by atoms with Crippen molar-refractivity contribution >= 4 is 27.7 Å². The van der Waals surface area contributed by atoms with Crippen molar-refractivity contribution in [2.24, 2.45) is 5.92 Å². The first kappa shape index (κ1) is 31.8. The molecule has 0 saturated carbocycles. The molecule has 3 aromatic rings. The number of nitrogens with one attached hydrogen (secondary N) is 1. The van der Waals surface area contributed by atoms with Gasteiger partial charge in [0, 0.05) is 33.6 Å². The first-order valence-corrected chi connectivity index (χ1v) is 15.2. The largest absolute Gasteiger partial charge is 0.354 e. The van der Waals surface area contributed by atoms with Crippen LogP contribution < -0.4 is 9.62 Å². The Bertz CT molecular complexity index is 1410. The predicted molar refractivity (Wildman–Crippen MR) is 165 cm³/mol. The van der Waals surface area contributed by atoms with Crippen molar-refractivity contribution in [1.82, 2.24) is 14.5 Å². The molecule has 1 N–H and O–H groups in total. The number of aryl methyl sites for hydroxylation is 2. The molecule has 1 atom stereocenters. The molecule has 3 rings (SSSR count). The highest BCUT2D eigenvalue weighted by Gasteiger charge is 2.35. The van der Waals surface area contributed by atoms with Gasteiger partial charge in [0.1, 0.15) is 12.6 Å². The van der Waals surface area contributed by atoms with Gasteiger partial charge in [-0.25, -0.2) is 4.31 Å². The van der Waals surface area contributed by atoms with Crippen LogP contribution in [-0.2, 0) is 32.8 Å². The highest BCUT2D eigenvalue weighted by atomic mass is 32.2. The van der Waals surface area contributed by atoms with Crippen LogP contribution in [0.4, 0.5) is 5.69 Å². The normalized spacial score (nSPS) is 12.3. The van der Waals surface area contributed by atoms with Crippen LogP contribution in [0.1, 0.15) is 36.1 Å². The molecule has 3 aromatic carbocycles. The molecule has 8 nitrogen and oxygen atoms in total. The van der Waals surface area contributed by atoms with Gasteiger partial charge in [0.05, 0.1) is 5.69 Å². The minimum absolute atomic E-state index is 0.148. The van der Waals surface area contributed by atoms with Crippen LogP contribution in [0, 0.1) is 19.8 Å². The predicted octanol–water partition coefficient (Wildman–Crippen LogP) is 4.33. The van der Waals surface area contributed by atoms with Crippen LogP contribution in [0.5, 0.6) is 0 Å². The van der Waals surface area contributed by atoms with E-state index in [-0.39, 0.29) is 24.8 Å². The zero-order chi connectivity index (χ0) is 30.2. The van der Waals surface area contributed by atoms with E-state index >= 15 is 0 Å². The van der Waals surface area contributed by atoms with Gasteiger partial charge in [-0.1, -0.05) is 86.6 Å². The Morgan fingerprint density at radius 1 is 0.854 bits per heavy atom. The molecule has 0 aromatic heterocycles. The SMILES string of the molecule is Cc1ccc(C)c(N(CC(=O)N(Cc2ccccc2)[C@@H](Cc2ccccc2)C(=O)NCC(C)C)S(=O)(=O)N(C)C)c1. The minimum atomic E-state index is -4.04. The third-order valence-corrected chi connectivity index (χ3v) is 8.61. The van der Waals surface area contributed by atoms with E-state index in [0.29, 0.717) is 12.2 Å². The Morgan fingerprint density at radius 3 is 2.00 bits per heavy atom. The van der Waals surface area contributed by atoms with Gasteiger partial charge >= 0.3 is 10.2 Å². The maximum Gasteiger partial charge on any atom is 0.304 e. The Balaban J connectivity index is 2.10. The summed E-state index contributed by atoms with van der Waals surface area (Å²) in [7, 11) is -1.16. The molecular weight excluding hydrogens is 536 g/mol. The van der Waals surface area contributed by atoms with E-state index in [2.05, 4.69) is 5.32 Å². The summed E-state index contributed by atoms with van der Waals surface area (Å²) < 4.78 is 29.4. The molecule has 41 heavy (non-hydrogen) atoms. The number of hydrogen-bond acceptors (Lipinski definition) is 4. The maximum absolute atomic E-state index is 14.3. The molecule has 0 aliphatic carbocycles. The Hall–Kier alpha value is -3.69. The number of carbonyl (C=O) groups is 2. The van der Waals surface area contributed by atoms with Crippen LogP contribution in [-0.4, -0.2) is 62.7 Å². The molecule has 0 aliphatic heterocycles. The lowest BCUT2D eigenvalue weighted by molar-refractivity contribution is -0.140. The van der Waals surface area contributed by atoms with Crippen LogP contribution >= 0.6 is 0 Å². The smallest absolute Gasteiger partial charge is 0.304 e. The van der Waals surface area contributed by atoms with Crippen molar-refractivity contribution in [3.63, 3.8) is 0 Å². The summed E-state index contributed by atoms with van der Waals surface area (Å²) in [5, 5.41) is 3.00. The quantitative estimate of drug-likeness (QED) is 0.327. The van der Waals surface area contributed by atoms with Crippen molar-refractivity contribution in [2.45, 2.75) is 46.7 Å². The number of carbonyl (C=O) groups excluding carboxylic acids is 2. The Morgan fingerprint density at radius 2 is 1.44 bits per heavy atom. The lowest BCUT2D eigenvalue weighted by atomic mass is 10.0. The van der Waals surface area contributed by atoms with Gasteiger partial charge in [0.2, 0.25) is 11.8 Å². The topological polar surface area (TPSA) is 90.0 Å². The average Bonchev–Trinajstić information content (AvgIpc) is 2.94. The molecule has 0 saturated heterocycles. The summed E-state index contributed by atoms with van der Waals surface area (Å²) >= 11 is 0. The van der Waals surface area contributed by atoms with Crippen LogP contribution in [0.15, 0.2) is 78.9 Å². The second-order valence-electron chi connectivity index (χ2n) is 10.9. The number of amides is 2. The summed E-state index contributed by atoms with van der Waals surface area (Å²) in [5.74, 6) is -0.527. The van der Waals surface area contributed by atoms with E-state index in [1.807, 2.05) is 100 Å². The first-order chi connectivity index (χ1) is 19.4. The van der Waals surface area contributed by atoms with E-state index in [4.69, 9.17) is 0 Å². The number of benzene rings is 3. The molecule has 0 fully saturated rings. The number of rotatable bonds is 13. The van der Waals surface area contributed by atoms with E-state index in [0.717, 1.165) is 30.9 Å². The fourth-order valence-electron chi connectivity index (χ4n) is 4.45. The van der Waals surface area contributed by atoms with Gasteiger partial charge in [0.15, 0.2) is 0 Å². The number of nitrogens with zero attached hydrogens (tertiary/aromatic N) is 3. The van der Waals surface area contributed by atoms with Gasteiger partial charge < -0.3 is 10.2 Å². The van der Waals surface area contributed by atoms with Gasteiger partial charge in [-0.2, -0.15) is 12.7 Å². The Labute approximate surface area is 245 Å². The van der Waals surface area contributed by atoms with E-state index in [1.54, 1.807) is 6.07 Å².